The Labute approximate surface area is 181 Å². The van der Waals surface area contributed by atoms with E-state index in [4.69, 9.17) is 16.3 Å². The third kappa shape index (κ3) is 4.80. The van der Waals surface area contributed by atoms with Crippen LogP contribution >= 0.6 is 11.6 Å². The van der Waals surface area contributed by atoms with E-state index in [2.05, 4.69) is 20.2 Å². The first kappa shape index (κ1) is 22.2. The molecule has 1 saturated heterocycles. The lowest BCUT2D eigenvalue weighted by Crippen LogP contribution is -2.50. The van der Waals surface area contributed by atoms with E-state index in [1.54, 1.807) is 31.3 Å². The van der Waals surface area contributed by atoms with Crippen molar-refractivity contribution in [2.75, 3.05) is 30.4 Å². The molecule has 3 heterocycles. The number of halogens is 1. The second-order valence-corrected chi connectivity index (χ2v) is 9.02. The van der Waals surface area contributed by atoms with Gasteiger partial charge in [0.1, 0.15) is 11.2 Å². The zero-order valence-corrected chi connectivity index (χ0v) is 19.0. The molecule has 1 aliphatic heterocycles. The van der Waals surface area contributed by atoms with Gasteiger partial charge in [0.25, 0.3) is 0 Å². The number of hydrogen-bond donors (Lipinski definition) is 2. The number of nitrogens with zero attached hydrogens (tertiary/aromatic N) is 3. The van der Waals surface area contributed by atoms with Gasteiger partial charge in [0.15, 0.2) is 0 Å². The summed E-state index contributed by atoms with van der Waals surface area (Å²) in [5, 5.41) is 4.21. The van der Waals surface area contributed by atoms with E-state index < -0.39 is 5.60 Å². The molecule has 2 aromatic rings. The van der Waals surface area contributed by atoms with Gasteiger partial charge in [-0.1, -0.05) is 18.5 Å². The fourth-order valence-electron chi connectivity index (χ4n) is 3.66. The molecule has 1 atom stereocenters. The van der Waals surface area contributed by atoms with Crippen LogP contribution in [0, 0.1) is 0 Å². The van der Waals surface area contributed by atoms with Crippen LogP contribution in [-0.2, 0) is 9.53 Å². The van der Waals surface area contributed by atoms with E-state index in [9.17, 15) is 9.59 Å². The number of aromatic nitrogens is 2. The topological polar surface area (TPSA) is 90.6 Å². The van der Waals surface area contributed by atoms with Gasteiger partial charge in [0.2, 0.25) is 5.91 Å². The number of H-pyrrole nitrogens is 1. The summed E-state index contributed by atoms with van der Waals surface area (Å²) in [6.07, 6.45) is 5.17. The zero-order valence-electron chi connectivity index (χ0n) is 18.2. The second-order valence-electron chi connectivity index (χ2n) is 8.62. The average molecular weight is 436 g/mol. The van der Waals surface area contributed by atoms with Crippen LogP contribution in [0.3, 0.4) is 0 Å². The fraction of sp³-hybridized carbons (Fsp3) is 0.571. The number of piperidine rings is 1. The first-order valence-electron chi connectivity index (χ1n) is 10.3. The van der Waals surface area contributed by atoms with E-state index in [1.807, 2.05) is 20.8 Å². The number of aromatic amines is 1. The minimum absolute atomic E-state index is 0.0134. The van der Waals surface area contributed by atoms with Gasteiger partial charge in [-0.05, 0) is 33.6 Å². The molecular formula is C21H30ClN5O3. The molecule has 30 heavy (non-hydrogen) atoms. The molecule has 3 rings (SSSR count). The summed E-state index contributed by atoms with van der Waals surface area (Å²) in [4.78, 5) is 35.8. The normalized spacial score (nSPS) is 17.1. The van der Waals surface area contributed by atoms with E-state index >= 15 is 0 Å². The highest BCUT2D eigenvalue weighted by molar-refractivity contribution is 6.35. The molecule has 0 spiro atoms. The summed E-state index contributed by atoms with van der Waals surface area (Å²) in [7, 11) is 1.77. The Morgan fingerprint density at radius 2 is 2.17 bits per heavy atom. The van der Waals surface area contributed by atoms with Gasteiger partial charge in [-0.25, -0.2) is 9.78 Å². The number of hydrogen-bond acceptors (Lipinski definition) is 5. The lowest BCUT2D eigenvalue weighted by atomic mass is 10.0. The predicted octanol–water partition coefficient (Wildman–Crippen LogP) is 4.40. The van der Waals surface area contributed by atoms with Crippen LogP contribution in [0.5, 0.6) is 0 Å². The van der Waals surface area contributed by atoms with Crippen molar-refractivity contribution in [2.45, 2.75) is 58.6 Å². The number of rotatable bonds is 4. The second kappa shape index (κ2) is 8.71. The number of carbonyl (C=O) groups is 2. The third-order valence-corrected chi connectivity index (χ3v) is 5.44. The summed E-state index contributed by atoms with van der Waals surface area (Å²) in [5.74, 6) is -0.0806. The number of nitrogens with one attached hydrogen (secondary N) is 2. The minimum Gasteiger partial charge on any atom is -0.444 e. The Morgan fingerprint density at radius 1 is 1.43 bits per heavy atom. The molecule has 9 heteroatoms. The van der Waals surface area contributed by atoms with Crippen LogP contribution < -0.4 is 10.2 Å². The van der Waals surface area contributed by atoms with Crippen LogP contribution in [0.25, 0.3) is 11.0 Å². The smallest absolute Gasteiger partial charge is 0.410 e. The van der Waals surface area contributed by atoms with Gasteiger partial charge in [-0.3, -0.25) is 4.79 Å². The van der Waals surface area contributed by atoms with E-state index in [0.717, 1.165) is 30.5 Å². The highest BCUT2D eigenvalue weighted by Crippen LogP contribution is 2.39. The Hall–Kier alpha value is -2.48. The van der Waals surface area contributed by atoms with Crippen molar-refractivity contribution in [1.82, 2.24) is 14.9 Å². The SMILES string of the molecule is CCC(=O)Nc1c[nH]c2ncc(Cl)c(N3CCC[C@@H](N(C)C(=O)OC(C)(C)C)C3)c12. The molecule has 0 radical (unpaired) electrons. The van der Waals surface area contributed by atoms with E-state index in [-0.39, 0.29) is 18.0 Å². The van der Waals surface area contributed by atoms with Gasteiger partial charge in [-0.2, -0.15) is 0 Å². The molecule has 0 aromatic carbocycles. The standard InChI is InChI=1S/C21H30ClN5O3/c1-6-16(28)25-15-11-24-19-17(15)18(14(22)10-23-19)27-9-7-8-13(12-27)26(5)20(29)30-21(2,3)4/h10-11,13H,6-9,12H2,1-5H3,(H,23,24)(H,25,28)/t13-/m1/s1. The zero-order chi connectivity index (χ0) is 22.1. The molecular weight excluding hydrogens is 406 g/mol. The molecule has 2 amide bonds. The van der Waals surface area contributed by atoms with Crippen molar-refractivity contribution in [3.05, 3.63) is 17.4 Å². The number of carbonyl (C=O) groups excluding carboxylic acids is 2. The van der Waals surface area contributed by atoms with Crippen molar-refractivity contribution in [1.29, 1.82) is 0 Å². The largest absolute Gasteiger partial charge is 0.444 e. The first-order chi connectivity index (χ1) is 14.1. The summed E-state index contributed by atoms with van der Waals surface area (Å²) in [6.45, 7) is 8.79. The maximum absolute atomic E-state index is 12.5. The highest BCUT2D eigenvalue weighted by Gasteiger charge is 2.31. The van der Waals surface area contributed by atoms with Crippen LogP contribution in [0.1, 0.15) is 47.0 Å². The number of amides is 2. The third-order valence-electron chi connectivity index (χ3n) is 5.17. The lowest BCUT2D eigenvalue weighted by Gasteiger charge is -2.39. The van der Waals surface area contributed by atoms with Crippen LogP contribution in [0.2, 0.25) is 5.02 Å². The Bertz CT molecular complexity index is 937. The Morgan fingerprint density at radius 3 is 2.83 bits per heavy atom. The molecule has 1 fully saturated rings. The molecule has 1 aliphatic rings. The summed E-state index contributed by atoms with van der Waals surface area (Å²) >= 11 is 6.58. The molecule has 0 bridgehead atoms. The van der Waals surface area contributed by atoms with Crippen molar-refractivity contribution in [3.63, 3.8) is 0 Å². The Kier molecular flexibility index (Phi) is 6.45. The lowest BCUT2D eigenvalue weighted by molar-refractivity contribution is -0.115. The molecule has 8 nitrogen and oxygen atoms in total. The minimum atomic E-state index is -0.544. The maximum Gasteiger partial charge on any atom is 0.410 e. The highest BCUT2D eigenvalue weighted by atomic mass is 35.5. The van der Waals surface area contributed by atoms with Crippen molar-refractivity contribution < 1.29 is 14.3 Å². The number of likely N-dealkylation sites (N-methyl/N-ethyl adjacent to an activating group) is 1. The van der Waals surface area contributed by atoms with Crippen molar-refractivity contribution >= 4 is 46.0 Å². The number of fused-ring (bicyclic) bond motifs is 1. The van der Waals surface area contributed by atoms with E-state index in [0.29, 0.717) is 29.3 Å². The molecule has 0 aliphatic carbocycles. The molecule has 0 saturated carbocycles. The van der Waals surface area contributed by atoms with Gasteiger partial charge in [0, 0.05) is 32.8 Å². The predicted molar refractivity (Wildman–Crippen MR) is 119 cm³/mol. The average Bonchev–Trinajstić information content (AvgIpc) is 3.08. The number of ether oxygens (including phenoxy) is 1. The van der Waals surface area contributed by atoms with Crippen molar-refractivity contribution in [2.24, 2.45) is 0 Å². The number of pyridine rings is 1. The molecule has 0 unspecified atom stereocenters. The summed E-state index contributed by atoms with van der Waals surface area (Å²) in [5.41, 5.74) is 1.59. The van der Waals surface area contributed by atoms with Crippen LogP contribution in [-0.4, -0.2) is 58.6 Å². The van der Waals surface area contributed by atoms with Gasteiger partial charge >= 0.3 is 6.09 Å². The number of anilines is 2. The molecule has 2 aromatic heterocycles. The van der Waals surface area contributed by atoms with Gasteiger partial charge in [0.05, 0.1) is 34.0 Å². The van der Waals surface area contributed by atoms with Crippen molar-refractivity contribution in [3.8, 4) is 0 Å². The quantitative estimate of drug-likeness (QED) is 0.742. The fourth-order valence-corrected chi connectivity index (χ4v) is 3.92. The summed E-state index contributed by atoms with van der Waals surface area (Å²) in [6, 6.07) is -0.0134. The maximum atomic E-state index is 12.5. The van der Waals surface area contributed by atoms with Crippen LogP contribution in [0.15, 0.2) is 12.4 Å². The first-order valence-corrected chi connectivity index (χ1v) is 10.6. The monoisotopic (exact) mass is 435 g/mol. The van der Waals surface area contributed by atoms with Crippen LogP contribution in [0.4, 0.5) is 16.2 Å². The van der Waals surface area contributed by atoms with E-state index in [1.165, 1.54) is 0 Å². The summed E-state index contributed by atoms with van der Waals surface area (Å²) < 4.78 is 5.53. The molecule has 2 N–H and O–H groups in total. The van der Waals surface area contributed by atoms with Gasteiger partial charge < -0.3 is 24.8 Å². The Balaban J connectivity index is 1.89. The van der Waals surface area contributed by atoms with Gasteiger partial charge in [-0.15, -0.1) is 0 Å². The molecule has 164 valence electrons.